The van der Waals surface area contributed by atoms with Crippen LogP contribution in [0.15, 0.2) is 12.1 Å². The molecule has 1 aliphatic carbocycles. The van der Waals surface area contributed by atoms with Crippen molar-refractivity contribution in [1.82, 2.24) is 4.98 Å². The van der Waals surface area contributed by atoms with E-state index in [1.165, 1.54) is 12.1 Å². The maximum absolute atomic E-state index is 10.9. The Kier molecular flexibility index (Phi) is 4.16. The second-order valence-electron chi connectivity index (χ2n) is 4.61. The van der Waals surface area contributed by atoms with E-state index in [-0.39, 0.29) is 17.8 Å². The lowest BCUT2D eigenvalue weighted by molar-refractivity contribution is -0.384. The average molecular weight is 266 g/mol. The highest BCUT2D eigenvalue weighted by atomic mass is 16.6. The fourth-order valence-corrected chi connectivity index (χ4v) is 2.32. The monoisotopic (exact) mass is 266 g/mol. The summed E-state index contributed by atoms with van der Waals surface area (Å²) in [7, 11) is 3.39. The second kappa shape index (κ2) is 5.83. The Balaban J connectivity index is 2.11. The van der Waals surface area contributed by atoms with Crippen molar-refractivity contribution < 1.29 is 9.66 Å². The minimum absolute atomic E-state index is 0.0307. The van der Waals surface area contributed by atoms with Gasteiger partial charge in [-0.15, -0.1) is 0 Å². The zero-order valence-electron chi connectivity index (χ0n) is 11.0. The van der Waals surface area contributed by atoms with Gasteiger partial charge < -0.3 is 15.4 Å². The quantitative estimate of drug-likeness (QED) is 0.626. The molecular formula is C12H18N4O3. The molecule has 1 aromatic rings. The van der Waals surface area contributed by atoms with Gasteiger partial charge in [-0.05, 0) is 19.3 Å². The van der Waals surface area contributed by atoms with Crippen LogP contribution in [0.5, 0.6) is 0 Å². The zero-order valence-corrected chi connectivity index (χ0v) is 11.0. The molecule has 0 aromatic carbocycles. The van der Waals surface area contributed by atoms with E-state index in [2.05, 4.69) is 15.6 Å². The lowest BCUT2D eigenvalue weighted by Gasteiger charge is -2.14. The van der Waals surface area contributed by atoms with E-state index in [0.717, 1.165) is 19.3 Å². The van der Waals surface area contributed by atoms with E-state index in [0.29, 0.717) is 11.6 Å². The molecular weight excluding hydrogens is 248 g/mol. The summed E-state index contributed by atoms with van der Waals surface area (Å²) in [5.41, 5.74) is 0.0307. The number of rotatable bonds is 5. The summed E-state index contributed by atoms with van der Waals surface area (Å²) in [5, 5.41) is 16.9. The Morgan fingerprint density at radius 2 is 2.16 bits per heavy atom. The lowest BCUT2D eigenvalue weighted by atomic mass is 10.2. The van der Waals surface area contributed by atoms with Crippen LogP contribution < -0.4 is 10.6 Å². The number of hydrogen-bond donors (Lipinski definition) is 2. The van der Waals surface area contributed by atoms with Gasteiger partial charge >= 0.3 is 0 Å². The predicted molar refractivity (Wildman–Crippen MR) is 72.5 cm³/mol. The van der Waals surface area contributed by atoms with E-state index >= 15 is 0 Å². The number of nitrogens with zero attached hydrogens (tertiary/aromatic N) is 2. The summed E-state index contributed by atoms with van der Waals surface area (Å²) in [6.45, 7) is 0. The maximum Gasteiger partial charge on any atom is 0.276 e. The number of aromatic nitrogens is 1. The number of nitro groups is 1. The van der Waals surface area contributed by atoms with Gasteiger partial charge in [0.1, 0.15) is 11.6 Å². The van der Waals surface area contributed by atoms with Crippen LogP contribution in [0.1, 0.15) is 19.3 Å². The summed E-state index contributed by atoms with van der Waals surface area (Å²) in [6.07, 6.45) is 3.15. The number of hydrogen-bond acceptors (Lipinski definition) is 6. The van der Waals surface area contributed by atoms with E-state index in [9.17, 15) is 10.1 Å². The first-order chi connectivity index (χ1) is 9.12. The molecule has 1 heterocycles. The third-order valence-electron chi connectivity index (χ3n) is 3.35. The van der Waals surface area contributed by atoms with Crippen molar-refractivity contribution in [2.75, 3.05) is 24.8 Å². The molecule has 0 amide bonds. The SMILES string of the molecule is CNc1cc([N+](=O)[O-])cc(NC2CCC(OC)C2)n1. The largest absolute Gasteiger partial charge is 0.381 e. The smallest absolute Gasteiger partial charge is 0.276 e. The number of methoxy groups -OCH3 is 1. The standard InChI is InChI=1S/C12H18N4O3/c1-13-11-6-9(16(17)18)7-12(15-11)14-8-3-4-10(5-8)19-2/h6-8,10H,3-5H2,1-2H3,(H2,13,14,15). The first-order valence-corrected chi connectivity index (χ1v) is 6.26. The van der Waals surface area contributed by atoms with Crippen LogP contribution in [0, 0.1) is 10.1 Å². The van der Waals surface area contributed by atoms with Crippen LogP contribution in [0.3, 0.4) is 0 Å². The van der Waals surface area contributed by atoms with E-state index in [1.807, 2.05) is 0 Å². The summed E-state index contributed by atoms with van der Waals surface area (Å²) >= 11 is 0. The van der Waals surface area contributed by atoms with Crippen molar-refractivity contribution in [1.29, 1.82) is 0 Å². The molecule has 2 unspecified atom stereocenters. The molecule has 0 aliphatic heterocycles. The van der Waals surface area contributed by atoms with Gasteiger partial charge in [-0.2, -0.15) is 0 Å². The van der Waals surface area contributed by atoms with Crippen molar-refractivity contribution >= 4 is 17.3 Å². The third kappa shape index (κ3) is 3.31. The maximum atomic E-state index is 10.9. The molecule has 0 bridgehead atoms. The van der Waals surface area contributed by atoms with Crippen LogP contribution in [0.25, 0.3) is 0 Å². The number of nitrogens with one attached hydrogen (secondary N) is 2. The lowest BCUT2D eigenvalue weighted by Crippen LogP contribution is -2.18. The van der Waals surface area contributed by atoms with Gasteiger partial charge in [0.05, 0.1) is 23.2 Å². The molecule has 1 aromatic heterocycles. The molecule has 7 nitrogen and oxygen atoms in total. The highest BCUT2D eigenvalue weighted by Crippen LogP contribution is 2.26. The van der Waals surface area contributed by atoms with Gasteiger partial charge in [0, 0.05) is 20.2 Å². The van der Waals surface area contributed by atoms with Crippen molar-refractivity contribution in [3.63, 3.8) is 0 Å². The first-order valence-electron chi connectivity index (χ1n) is 6.26. The Morgan fingerprint density at radius 1 is 1.42 bits per heavy atom. The van der Waals surface area contributed by atoms with Gasteiger partial charge in [-0.25, -0.2) is 4.98 Å². The fraction of sp³-hybridized carbons (Fsp3) is 0.583. The minimum Gasteiger partial charge on any atom is -0.381 e. The third-order valence-corrected chi connectivity index (χ3v) is 3.35. The van der Waals surface area contributed by atoms with Gasteiger partial charge in [0.2, 0.25) is 0 Å². The van der Waals surface area contributed by atoms with Gasteiger partial charge in [0.25, 0.3) is 5.69 Å². The summed E-state index contributed by atoms with van der Waals surface area (Å²) in [6, 6.07) is 3.13. The van der Waals surface area contributed by atoms with Crippen LogP contribution in [0.2, 0.25) is 0 Å². The molecule has 2 N–H and O–H groups in total. The van der Waals surface area contributed by atoms with Crippen molar-refractivity contribution in [3.05, 3.63) is 22.2 Å². The van der Waals surface area contributed by atoms with Crippen molar-refractivity contribution in [2.24, 2.45) is 0 Å². The Bertz CT molecular complexity index is 466. The molecule has 0 saturated heterocycles. The van der Waals surface area contributed by atoms with Crippen LogP contribution >= 0.6 is 0 Å². The van der Waals surface area contributed by atoms with Gasteiger partial charge in [0.15, 0.2) is 0 Å². The van der Waals surface area contributed by atoms with Crippen LogP contribution in [-0.4, -0.2) is 36.2 Å². The molecule has 2 atom stereocenters. The molecule has 2 rings (SSSR count). The molecule has 104 valence electrons. The predicted octanol–water partition coefficient (Wildman–Crippen LogP) is 2.01. The normalized spacial score (nSPS) is 22.2. The Labute approximate surface area is 111 Å². The zero-order chi connectivity index (χ0) is 13.8. The molecule has 0 radical (unpaired) electrons. The number of ether oxygens (including phenoxy) is 1. The fourth-order valence-electron chi connectivity index (χ4n) is 2.32. The minimum atomic E-state index is -0.416. The average Bonchev–Trinajstić information content (AvgIpc) is 2.85. The first kappa shape index (κ1) is 13.5. The number of anilines is 2. The van der Waals surface area contributed by atoms with Gasteiger partial charge in [-0.1, -0.05) is 0 Å². The Morgan fingerprint density at radius 3 is 2.74 bits per heavy atom. The topological polar surface area (TPSA) is 89.3 Å². The highest BCUT2D eigenvalue weighted by Gasteiger charge is 2.25. The van der Waals surface area contributed by atoms with E-state index < -0.39 is 4.92 Å². The molecule has 1 aliphatic rings. The van der Waals surface area contributed by atoms with E-state index in [4.69, 9.17) is 4.74 Å². The second-order valence-corrected chi connectivity index (χ2v) is 4.61. The van der Waals surface area contributed by atoms with E-state index in [1.54, 1.807) is 14.2 Å². The molecule has 1 saturated carbocycles. The molecule has 1 fully saturated rings. The van der Waals surface area contributed by atoms with Crippen LogP contribution in [0.4, 0.5) is 17.3 Å². The van der Waals surface area contributed by atoms with Crippen molar-refractivity contribution in [3.8, 4) is 0 Å². The van der Waals surface area contributed by atoms with Gasteiger partial charge in [-0.3, -0.25) is 10.1 Å². The summed E-state index contributed by atoms with van der Waals surface area (Å²) < 4.78 is 5.30. The van der Waals surface area contributed by atoms with Crippen LogP contribution in [-0.2, 0) is 4.74 Å². The highest BCUT2D eigenvalue weighted by molar-refractivity contribution is 5.54. The molecule has 0 spiro atoms. The molecule has 19 heavy (non-hydrogen) atoms. The Hall–Kier alpha value is -1.89. The summed E-state index contributed by atoms with van der Waals surface area (Å²) in [4.78, 5) is 14.7. The summed E-state index contributed by atoms with van der Waals surface area (Å²) in [5.74, 6) is 1.01. The van der Waals surface area contributed by atoms with Crippen molar-refractivity contribution in [2.45, 2.75) is 31.4 Å². The molecule has 7 heteroatoms. The number of pyridine rings is 1.